The van der Waals surface area contributed by atoms with Gasteiger partial charge in [0.1, 0.15) is 0 Å². The van der Waals surface area contributed by atoms with E-state index in [1.54, 1.807) is 0 Å². The maximum absolute atomic E-state index is 5.66. The van der Waals surface area contributed by atoms with E-state index in [4.69, 9.17) is 17.3 Å². The molecule has 0 saturated heterocycles. The van der Waals surface area contributed by atoms with Gasteiger partial charge < -0.3 is 5.73 Å². The Kier molecular flexibility index (Phi) is 4.40. The second-order valence-corrected chi connectivity index (χ2v) is 5.18. The first-order valence-corrected chi connectivity index (χ1v) is 7.07. The molecule has 0 aliphatic rings. The highest BCUT2D eigenvalue weighted by Crippen LogP contribution is 2.23. The maximum atomic E-state index is 5.66. The standard InChI is InChI=1S/C13H15ClN2S/c14-8-2-1-3-10-4-6-11(7-5-10)12-9-17-13(15)16-12/h4-7,9H,1-3,8H2,(H2,15,16). The van der Waals surface area contributed by atoms with Crippen LogP contribution in [0.15, 0.2) is 29.6 Å². The SMILES string of the molecule is Nc1nc(-c2ccc(CCCCCl)cc2)cs1. The lowest BCUT2D eigenvalue weighted by atomic mass is 10.1. The summed E-state index contributed by atoms with van der Waals surface area (Å²) in [4.78, 5) is 4.26. The first-order chi connectivity index (χ1) is 8.29. The zero-order valence-corrected chi connectivity index (χ0v) is 11.1. The van der Waals surface area contributed by atoms with Gasteiger partial charge in [0.15, 0.2) is 5.13 Å². The molecule has 90 valence electrons. The largest absolute Gasteiger partial charge is 0.375 e. The molecule has 0 aliphatic heterocycles. The van der Waals surface area contributed by atoms with Crippen molar-refractivity contribution in [2.24, 2.45) is 0 Å². The van der Waals surface area contributed by atoms with Crippen LogP contribution in [-0.4, -0.2) is 10.9 Å². The first kappa shape index (κ1) is 12.4. The van der Waals surface area contributed by atoms with Gasteiger partial charge in [-0.25, -0.2) is 4.98 Å². The van der Waals surface area contributed by atoms with E-state index in [0.29, 0.717) is 5.13 Å². The monoisotopic (exact) mass is 266 g/mol. The van der Waals surface area contributed by atoms with Crippen LogP contribution in [0.2, 0.25) is 0 Å². The van der Waals surface area contributed by atoms with Crippen LogP contribution in [0.25, 0.3) is 11.3 Å². The molecule has 0 fully saturated rings. The predicted molar refractivity (Wildman–Crippen MR) is 75.6 cm³/mol. The van der Waals surface area contributed by atoms with Crippen LogP contribution in [0, 0.1) is 0 Å². The molecule has 0 spiro atoms. The van der Waals surface area contributed by atoms with Crippen molar-refractivity contribution in [3.8, 4) is 11.3 Å². The highest BCUT2D eigenvalue weighted by molar-refractivity contribution is 7.13. The Bertz CT molecular complexity index is 465. The minimum atomic E-state index is 0.617. The van der Waals surface area contributed by atoms with Crippen LogP contribution in [0.5, 0.6) is 0 Å². The van der Waals surface area contributed by atoms with Gasteiger partial charge in [-0.05, 0) is 24.8 Å². The van der Waals surface area contributed by atoms with Crippen molar-refractivity contribution in [1.82, 2.24) is 4.98 Å². The number of hydrogen-bond acceptors (Lipinski definition) is 3. The van der Waals surface area contributed by atoms with Crippen LogP contribution in [0.1, 0.15) is 18.4 Å². The molecule has 1 aromatic carbocycles. The van der Waals surface area contributed by atoms with E-state index < -0.39 is 0 Å². The lowest BCUT2D eigenvalue weighted by Crippen LogP contribution is -1.87. The van der Waals surface area contributed by atoms with E-state index in [-0.39, 0.29) is 0 Å². The van der Waals surface area contributed by atoms with Gasteiger partial charge in [0.2, 0.25) is 0 Å². The molecule has 1 aromatic heterocycles. The lowest BCUT2D eigenvalue weighted by Gasteiger charge is -2.01. The summed E-state index contributed by atoms with van der Waals surface area (Å²) in [6.07, 6.45) is 3.31. The zero-order valence-electron chi connectivity index (χ0n) is 9.53. The van der Waals surface area contributed by atoms with Gasteiger partial charge in [-0.3, -0.25) is 0 Å². The average molecular weight is 267 g/mol. The van der Waals surface area contributed by atoms with Crippen LogP contribution in [0.4, 0.5) is 5.13 Å². The first-order valence-electron chi connectivity index (χ1n) is 5.66. The van der Waals surface area contributed by atoms with E-state index in [0.717, 1.165) is 36.4 Å². The fourth-order valence-corrected chi connectivity index (χ4v) is 2.45. The zero-order chi connectivity index (χ0) is 12.1. The smallest absolute Gasteiger partial charge is 0.180 e. The summed E-state index contributed by atoms with van der Waals surface area (Å²) in [7, 11) is 0. The van der Waals surface area contributed by atoms with Gasteiger partial charge in [0.25, 0.3) is 0 Å². The molecule has 17 heavy (non-hydrogen) atoms. The molecule has 1 heterocycles. The molecule has 0 radical (unpaired) electrons. The van der Waals surface area contributed by atoms with E-state index in [1.807, 2.05) is 5.38 Å². The minimum absolute atomic E-state index is 0.617. The Balaban J connectivity index is 2.02. The van der Waals surface area contributed by atoms with Gasteiger partial charge in [0, 0.05) is 16.8 Å². The quantitative estimate of drug-likeness (QED) is 0.657. The summed E-state index contributed by atoms with van der Waals surface area (Å²) >= 11 is 7.13. The van der Waals surface area contributed by atoms with Crippen molar-refractivity contribution in [3.63, 3.8) is 0 Å². The highest BCUT2D eigenvalue weighted by atomic mass is 35.5. The molecular formula is C13H15ClN2S. The molecule has 2 N–H and O–H groups in total. The Morgan fingerprint density at radius 3 is 2.53 bits per heavy atom. The van der Waals surface area contributed by atoms with E-state index in [2.05, 4.69) is 29.2 Å². The summed E-state index contributed by atoms with van der Waals surface area (Å²) in [6.45, 7) is 0. The fraction of sp³-hybridized carbons (Fsp3) is 0.308. The number of aromatic nitrogens is 1. The number of aryl methyl sites for hydroxylation is 1. The third-order valence-corrected chi connectivity index (χ3v) is 3.56. The third kappa shape index (κ3) is 3.45. The summed E-state index contributed by atoms with van der Waals surface area (Å²) in [5.74, 6) is 0.746. The van der Waals surface area contributed by atoms with Crippen LogP contribution < -0.4 is 5.73 Å². The second-order valence-electron chi connectivity index (χ2n) is 3.91. The number of anilines is 1. The van der Waals surface area contributed by atoms with Crippen molar-refractivity contribution < 1.29 is 0 Å². The number of halogens is 1. The minimum Gasteiger partial charge on any atom is -0.375 e. The Morgan fingerprint density at radius 1 is 1.18 bits per heavy atom. The van der Waals surface area contributed by atoms with E-state index >= 15 is 0 Å². The molecule has 0 unspecified atom stereocenters. The van der Waals surface area contributed by atoms with Crippen molar-refractivity contribution in [2.45, 2.75) is 19.3 Å². The molecule has 0 saturated carbocycles. The Hall–Kier alpha value is -1.06. The molecule has 2 nitrogen and oxygen atoms in total. The Morgan fingerprint density at radius 2 is 1.94 bits per heavy atom. The summed E-state index contributed by atoms with van der Waals surface area (Å²) in [5.41, 5.74) is 9.05. The van der Waals surface area contributed by atoms with Crippen molar-refractivity contribution >= 4 is 28.1 Å². The molecular weight excluding hydrogens is 252 g/mol. The average Bonchev–Trinajstić information content (AvgIpc) is 2.77. The maximum Gasteiger partial charge on any atom is 0.180 e. The lowest BCUT2D eigenvalue weighted by molar-refractivity contribution is 0.800. The third-order valence-electron chi connectivity index (χ3n) is 2.62. The molecule has 0 amide bonds. The van der Waals surface area contributed by atoms with Crippen LogP contribution in [-0.2, 0) is 6.42 Å². The van der Waals surface area contributed by atoms with E-state index in [9.17, 15) is 0 Å². The number of rotatable bonds is 5. The number of nitrogen functional groups attached to an aromatic ring is 1. The molecule has 0 bridgehead atoms. The normalized spacial score (nSPS) is 10.6. The summed E-state index contributed by atoms with van der Waals surface area (Å²) < 4.78 is 0. The van der Waals surface area contributed by atoms with Gasteiger partial charge in [-0.15, -0.1) is 22.9 Å². The van der Waals surface area contributed by atoms with Gasteiger partial charge >= 0.3 is 0 Å². The van der Waals surface area contributed by atoms with Crippen LogP contribution in [0.3, 0.4) is 0 Å². The number of thiazole rings is 1. The number of nitrogens with zero attached hydrogens (tertiary/aromatic N) is 1. The number of nitrogens with two attached hydrogens (primary N) is 1. The van der Waals surface area contributed by atoms with Crippen molar-refractivity contribution in [3.05, 3.63) is 35.2 Å². The number of benzene rings is 1. The van der Waals surface area contributed by atoms with Crippen molar-refractivity contribution in [2.75, 3.05) is 11.6 Å². The van der Waals surface area contributed by atoms with Crippen LogP contribution >= 0.6 is 22.9 Å². The molecule has 2 aromatic rings. The Labute approximate surface area is 110 Å². The summed E-state index contributed by atoms with van der Waals surface area (Å²) in [5, 5.41) is 2.60. The molecule has 0 atom stereocenters. The summed E-state index contributed by atoms with van der Waals surface area (Å²) in [6, 6.07) is 8.51. The van der Waals surface area contributed by atoms with Gasteiger partial charge in [0.05, 0.1) is 5.69 Å². The second kappa shape index (κ2) is 6.03. The highest BCUT2D eigenvalue weighted by Gasteiger charge is 2.02. The molecule has 2 rings (SSSR count). The number of alkyl halides is 1. The van der Waals surface area contributed by atoms with E-state index in [1.165, 1.54) is 16.9 Å². The topological polar surface area (TPSA) is 38.9 Å². The fourth-order valence-electron chi connectivity index (χ4n) is 1.69. The van der Waals surface area contributed by atoms with Crippen molar-refractivity contribution in [1.29, 1.82) is 0 Å². The molecule has 4 heteroatoms. The number of hydrogen-bond donors (Lipinski definition) is 1. The van der Waals surface area contributed by atoms with Gasteiger partial charge in [-0.1, -0.05) is 24.3 Å². The number of unbranched alkanes of at least 4 members (excludes halogenated alkanes) is 1. The predicted octanol–water partition coefficient (Wildman–Crippen LogP) is 3.95. The molecule has 0 aliphatic carbocycles. The van der Waals surface area contributed by atoms with Gasteiger partial charge in [-0.2, -0.15) is 0 Å².